The molecule has 0 aromatic heterocycles. The van der Waals surface area contributed by atoms with Crippen LogP contribution in [0.1, 0.15) is 32.8 Å². The Morgan fingerprint density at radius 1 is 1.26 bits per heavy atom. The highest BCUT2D eigenvalue weighted by Gasteiger charge is 2.39. The van der Waals surface area contributed by atoms with Crippen LogP contribution in [0.4, 0.5) is 0 Å². The van der Waals surface area contributed by atoms with E-state index in [1.807, 2.05) is 30.3 Å². The van der Waals surface area contributed by atoms with E-state index in [1.54, 1.807) is 6.21 Å². The number of carbonyl (C=O) groups is 1. The van der Waals surface area contributed by atoms with Gasteiger partial charge in [0.1, 0.15) is 0 Å². The number of esters is 1. The van der Waals surface area contributed by atoms with E-state index in [9.17, 15) is 4.79 Å². The first-order valence-electron chi connectivity index (χ1n) is 7.94. The number of ether oxygens (including phenoxy) is 1. The Hall–Kier alpha value is -1.46. The van der Waals surface area contributed by atoms with E-state index in [4.69, 9.17) is 9.16 Å². The number of methoxy groups -OCH3 is 1. The van der Waals surface area contributed by atoms with Crippen LogP contribution < -0.4 is 0 Å². The predicted molar refractivity (Wildman–Crippen MR) is 97.3 cm³/mol. The molecule has 128 valence electrons. The Morgan fingerprint density at radius 3 is 2.39 bits per heavy atom. The molecule has 0 spiro atoms. The van der Waals surface area contributed by atoms with Crippen molar-refractivity contribution in [1.29, 1.82) is 0 Å². The molecule has 0 aliphatic carbocycles. The third-order valence-corrected chi connectivity index (χ3v) is 8.74. The smallest absolute Gasteiger partial charge is 0.308 e. The Kier molecular flexibility index (Phi) is 7.16. The third-order valence-electron chi connectivity index (χ3n) is 4.24. The van der Waals surface area contributed by atoms with Gasteiger partial charge in [0.25, 0.3) is 0 Å². The minimum atomic E-state index is -1.98. The van der Waals surface area contributed by atoms with Crippen LogP contribution in [0.3, 0.4) is 0 Å². The zero-order valence-electron chi connectivity index (χ0n) is 15.1. The van der Waals surface area contributed by atoms with Crippen LogP contribution >= 0.6 is 0 Å². The number of nitrogens with zero attached hydrogens (tertiary/aromatic N) is 1. The lowest BCUT2D eigenvalue weighted by Crippen LogP contribution is -2.45. The first-order valence-corrected chi connectivity index (χ1v) is 10.8. The summed E-state index contributed by atoms with van der Waals surface area (Å²) >= 11 is 0. The average molecular weight is 336 g/mol. The van der Waals surface area contributed by atoms with Gasteiger partial charge in [-0.3, -0.25) is 9.79 Å². The van der Waals surface area contributed by atoms with Crippen molar-refractivity contribution in [2.75, 3.05) is 7.11 Å². The molecule has 1 atom stereocenters. The highest BCUT2D eigenvalue weighted by Crippen LogP contribution is 2.37. The molecule has 0 radical (unpaired) electrons. The summed E-state index contributed by atoms with van der Waals surface area (Å²) in [6.45, 7) is 11.4. The Morgan fingerprint density at radius 2 is 1.87 bits per heavy atom. The highest BCUT2D eigenvalue weighted by molar-refractivity contribution is 6.74. The molecule has 0 aliphatic heterocycles. The van der Waals surface area contributed by atoms with Crippen molar-refractivity contribution in [1.82, 2.24) is 0 Å². The van der Waals surface area contributed by atoms with Crippen LogP contribution in [0.5, 0.6) is 0 Å². The molecule has 0 bridgehead atoms. The molecule has 1 aromatic carbocycles. The molecule has 0 N–H and O–H groups in total. The molecule has 5 heteroatoms. The second-order valence-corrected chi connectivity index (χ2v) is 11.9. The van der Waals surface area contributed by atoms with Gasteiger partial charge in [-0.15, -0.1) is 0 Å². The maximum absolute atomic E-state index is 11.6. The number of benzene rings is 1. The number of aliphatic imine (C=N–C) groups is 1. The van der Waals surface area contributed by atoms with Crippen molar-refractivity contribution in [3.63, 3.8) is 0 Å². The predicted octanol–water partition coefficient (Wildman–Crippen LogP) is 4.21. The molecule has 0 amide bonds. The standard InChI is InChI=1S/C18H29NO3Si/c1-18(2,3)23(5,6)22-16(12-17(20)21-4)14-19-13-15-10-8-7-9-11-15/h7-11,14,16H,12-13H2,1-6H3/t16-/m0/s1. The second-order valence-electron chi connectivity index (χ2n) is 7.17. The minimum absolute atomic E-state index is 0.0780. The fraction of sp³-hybridized carbons (Fsp3) is 0.556. The van der Waals surface area contributed by atoms with Crippen LogP contribution in [0.2, 0.25) is 18.1 Å². The highest BCUT2D eigenvalue weighted by atomic mass is 28.4. The maximum atomic E-state index is 11.6. The zero-order chi connectivity index (χ0) is 17.5. The number of carbonyl (C=O) groups excluding carboxylic acids is 1. The lowest BCUT2D eigenvalue weighted by atomic mass is 10.2. The molecule has 0 fully saturated rings. The van der Waals surface area contributed by atoms with Crippen LogP contribution in [-0.4, -0.2) is 33.7 Å². The summed E-state index contributed by atoms with van der Waals surface area (Å²) in [7, 11) is -0.580. The van der Waals surface area contributed by atoms with Gasteiger partial charge in [0.2, 0.25) is 0 Å². The first-order chi connectivity index (χ1) is 10.7. The molecule has 23 heavy (non-hydrogen) atoms. The van der Waals surface area contributed by atoms with Gasteiger partial charge in [0.15, 0.2) is 8.32 Å². The monoisotopic (exact) mass is 335 g/mol. The van der Waals surface area contributed by atoms with Crippen molar-refractivity contribution < 1.29 is 14.0 Å². The summed E-state index contributed by atoms with van der Waals surface area (Å²) in [5.74, 6) is -0.278. The summed E-state index contributed by atoms with van der Waals surface area (Å²) in [5, 5.41) is 0.0780. The van der Waals surface area contributed by atoms with E-state index in [1.165, 1.54) is 7.11 Å². The third kappa shape index (κ3) is 6.67. The van der Waals surface area contributed by atoms with Crippen molar-refractivity contribution in [2.45, 2.75) is 58.0 Å². The lowest BCUT2D eigenvalue weighted by molar-refractivity contribution is -0.141. The largest absolute Gasteiger partial charge is 0.469 e. The molecule has 0 heterocycles. The molecule has 1 rings (SSSR count). The van der Waals surface area contributed by atoms with E-state index in [-0.39, 0.29) is 23.5 Å². The molecule has 4 nitrogen and oxygen atoms in total. The molecule has 1 aromatic rings. The number of rotatable bonds is 7. The van der Waals surface area contributed by atoms with Crippen LogP contribution in [-0.2, 0) is 20.5 Å². The molecular formula is C18H29NO3Si. The number of hydrogen-bond donors (Lipinski definition) is 0. The molecule has 0 saturated carbocycles. The normalized spacial score (nSPS) is 14.0. The van der Waals surface area contributed by atoms with Crippen molar-refractivity contribution in [2.24, 2.45) is 4.99 Å². The van der Waals surface area contributed by atoms with Crippen LogP contribution in [0.25, 0.3) is 0 Å². The van der Waals surface area contributed by atoms with Crippen molar-refractivity contribution in [3.05, 3.63) is 35.9 Å². The quantitative estimate of drug-likeness (QED) is 0.426. The zero-order valence-corrected chi connectivity index (χ0v) is 16.1. The molecule has 0 saturated heterocycles. The van der Waals surface area contributed by atoms with E-state index in [0.29, 0.717) is 6.54 Å². The van der Waals surface area contributed by atoms with Crippen molar-refractivity contribution >= 4 is 20.5 Å². The van der Waals surface area contributed by atoms with Crippen LogP contribution in [0, 0.1) is 0 Å². The topological polar surface area (TPSA) is 47.9 Å². The van der Waals surface area contributed by atoms with E-state index in [2.05, 4.69) is 38.9 Å². The van der Waals surface area contributed by atoms with Gasteiger partial charge in [0.05, 0.1) is 26.2 Å². The fourth-order valence-corrected chi connectivity index (χ4v) is 3.04. The van der Waals surface area contributed by atoms with Gasteiger partial charge in [-0.1, -0.05) is 51.1 Å². The van der Waals surface area contributed by atoms with E-state index in [0.717, 1.165) is 5.56 Å². The molecule has 0 unspecified atom stereocenters. The average Bonchev–Trinajstić information content (AvgIpc) is 2.46. The van der Waals surface area contributed by atoms with Gasteiger partial charge in [-0.25, -0.2) is 0 Å². The Bertz CT molecular complexity index is 521. The van der Waals surface area contributed by atoms with Crippen molar-refractivity contribution in [3.8, 4) is 0 Å². The molecular weight excluding hydrogens is 306 g/mol. The van der Waals surface area contributed by atoms with Crippen LogP contribution in [0.15, 0.2) is 35.3 Å². The van der Waals surface area contributed by atoms with Gasteiger partial charge in [-0.05, 0) is 23.7 Å². The summed E-state index contributed by atoms with van der Waals surface area (Å²) in [4.78, 5) is 16.1. The second kappa shape index (κ2) is 8.41. The maximum Gasteiger partial charge on any atom is 0.308 e. The number of hydrogen-bond acceptors (Lipinski definition) is 4. The summed E-state index contributed by atoms with van der Waals surface area (Å²) in [5.41, 5.74) is 1.13. The Balaban J connectivity index is 2.78. The van der Waals surface area contributed by atoms with Gasteiger partial charge in [0, 0.05) is 6.21 Å². The molecule has 0 aliphatic rings. The lowest BCUT2D eigenvalue weighted by Gasteiger charge is -2.38. The minimum Gasteiger partial charge on any atom is -0.469 e. The summed E-state index contributed by atoms with van der Waals surface area (Å²) in [6.07, 6.45) is 1.61. The summed E-state index contributed by atoms with van der Waals surface area (Å²) < 4.78 is 11.1. The first kappa shape index (κ1) is 19.6. The van der Waals surface area contributed by atoms with E-state index < -0.39 is 8.32 Å². The Labute approximate surface area is 141 Å². The summed E-state index contributed by atoms with van der Waals surface area (Å²) in [6, 6.07) is 10.0. The van der Waals surface area contributed by atoms with Gasteiger partial charge < -0.3 is 9.16 Å². The fourth-order valence-electron chi connectivity index (χ4n) is 1.79. The SMILES string of the molecule is COC(=O)C[C@@H](C=NCc1ccccc1)O[Si](C)(C)C(C)(C)C. The van der Waals surface area contributed by atoms with Gasteiger partial charge >= 0.3 is 5.97 Å². The van der Waals surface area contributed by atoms with Gasteiger partial charge in [-0.2, -0.15) is 0 Å². The van der Waals surface area contributed by atoms with E-state index >= 15 is 0 Å².